The average Bonchev–Trinajstić information content (AvgIpc) is 2.17. The maximum absolute atomic E-state index is 11.2. The van der Waals surface area contributed by atoms with Gasteiger partial charge in [0, 0.05) is 32.0 Å². The van der Waals surface area contributed by atoms with Crippen LogP contribution in [0.25, 0.3) is 0 Å². The smallest absolute Gasteiger partial charge is 0.133 e. The molecular weight excluding hydrogens is 186 g/mol. The quantitative estimate of drug-likeness (QED) is 0.661. The number of carbonyl (C=O) groups excluding carboxylic acids is 1. The van der Waals surface area contributed by atoms with Gasteiger partial charge in [0.15, 0.2) is 0 Å². The van der Waals surface area contributed by atoms with Crippen LogP contribution in [0.4, 0.5) is 0 Å². The zero-order valence-electron chi connectivity index (χ0n) is 10.0. The number of nitrogens with zero attached hydrogens (tertiary/aromatic N) is 1. The number of likely N-dealkylation sites (tertiary alicyclic amines) is 1. The summed E-state index contributed by atoms with van der Waals surface area (Å²) in [5.74, 6) is 2.15. The molecule has 86 valence electrons. The SMILES string of the molecule is CC1CC(C)CN(C2CCC(=O)CC2)C1. The van der Waals surface area contributed by atoms with Gasteiger partial charge in [-0.25, -0.2) is 0 Å². The predicted octanol–water partition coefficient (Wildman–Crippen LogP) is 2.48. The predicted molar refractivity (Wildman–Crippen MR) is 61.8 cm³/mol. The molecule has 1 saturated carbocycles. The number of piperidine rings is 1. The van der Waals surface area contributed by atoms with Crippen LogP contribution in [0.1, 0.15) is 46.0 Å². The third-order valence-electron chi connectivity index (χ3n) is 3.93. The van der Waals surface area contributed by atoms with Gasteiger partial charge in [-0.15, -0.1) is 0 Å². The van der Waals surface area contributed by atoms with E-state index in [1.807, 2.05) is 0 Å². The zero-order valence-corrected chi connectivity index (χ0v) is 10.0. The fourth-order valence-corrected chi connectivity index (χ4v) is 3.30. The van der Waals surface area contributed by atoms with Gasteiger partial charge in [-0.1, -0.05) is 13.8 Å². The van der Waals surface area contributed by atoms with E-state index in [1.54, 1.807) is 0 Å². The van der Waals surface area contributed by atoms with Gasteiger partial charge in [0.2, 0.25) is 0 Å². The summed E-state index contributed by atoms with van der Waals surface area (Å²) in [6.45, 7) is 7.22. The average molecular weight is 209 g/mol. The summed E-state index contributed by atoms with van der Waals surface area (Å²) in [4.78, 5) is 13.8. The van der Waals surface area contributed by atoms with Crippen LogP contribution in [0, 0.1) is 11.8 Å². The Hall–Kier alpha value is -0.370. The number of Topliss-reactive ketones (excluding diaryl/α,β-unsaturated/α-hetero) is 1. The molecule has 1 heterocycles. The second-order valence-corrected chi connectivity index (χ2v) is 5.67. The molecule has 0 amide bonds. The minimum atomic E-state index is 0.476. The summed E-state index contributed by atoms with van der Waals surface area (Å²) in [5.41, 5.74) is 0. The van der Waals surface area contributed by atoms with Crippen LogP contribution in [0.5, 0.6) is 0 Å². The first-order chi connectivity index (χ1) is 7.15. The Morgan fingerprint density at radius 2 is 1.60 bits per heavy atom. The summed E-state index contributed by atoms with van der Waals surface area (Å²) < 4.78 is 0. The second-order valence-electron chi connectivity index (χ2n) is 5.67. The first-order valence-corrected chi connectivity index (χ1v) is 6.41. The molecule has 0 spiro atoms. The molecule has 2 atom stereocenters. The molecule has 0 bridgehead atoms. The molecule has 2 heteroatoms. The molecular formula is C13H23NO. The van der Waals surface area contributed by atoms with Crippen LogP contribution >= 0.6 is 0 Å². The van der Waals surface area contributed by atoms with Crippen molar-refractivity contribution in [2.75, 3.05) is 13.1 Å². The summed E-state index contributed by atoms with van der Waals surface area (Å²) in [6, 6.07) is 0.702. The van der Waals surface area contributed by atoms with Gasteiger partial charge in [-0.2, -0.15) is 0 Å². The Morgan fingerprint density at radius 3 is 2.13 bits per heavy atom. The van der Waals surface area contributed by atoms with Crippen molar-refractivity contribution < 1.29 is 4.79 Å². The first kappa shape index (κ1) is 11.1. The third-order valence-corrected chi connectivity index (χ3v) is 3.93. The summed E-state index contributed by atoms with van der Waals surface area (Å²) in [6.07, 6.45) is 5.24. The fourth-order valence-electron chi connectivity index (χ4n) is 3.30. The van der Waals surface area contributed by atoms with Crippen molar-refractivity contribution in [1.82, 2.24) is 4.90 Å². The Kier molecular flexibility index (Phi) is 3.45. The molecule has 2 nitrogen and oxygen atoms in total. The van der Waals surface area contributed by atoms with Crippen LogP contribution in [0.3, 0.4) is 0 Å². The highest BCUT2D eigenvalue weighted by Gasteiger charge is 2.29. The lowest BCUT2D eigenvalue weighted by atomic mass is 9.87. The van der Waals surface area contributed by atoms with Gasteiger partial charge in [-0.05, 0) is 31.1 Å². The number of ketones is 1. The molecule has 0 aromatic heterocycles. The zero-order chi connectivity index (χ0) is 10.8. The molecule has 15 heavy (non-hydrogen) atoms. The van der Waals surface area contributed by atoms with Crippen LogP contribution in [0.15, 0.2) is 0 Å². The lowest BCUT2D eigenvalue weighted by Crippen LogP contribution is -2.46. The molecule has 2 fully saturated rings. The van der Waals surface area contributed by atoms with Crippen LogP contribution < -0.4 is 0 Å². The Labute approximate surface area is 93.0 Å². The summed E-state index contributed by atoms with van der Waals surface area (Å²) >= 11 is 0. The summed E-state index contributed by atoms with van der Waals surface area (Å²) in [5, 5.41) is 0. The normalized spacial score (nSPS) is 35.7. The monoisotopic (exact) mass is 209 g/mol. The molecule has 0 aromatic carbocycles. The number of hydrogen-bond acceptors (Lipinski definition) is 2. The van der Waals surface area contributed by atoms with E-state index in [2.05, 4.69) is 18.7 Å². The van der Waals surface area contributed by atoms with Gasteiger partial charge < -0.3 is 0 Å². The molecule has 1 aliphatic carbocycles. The van der Waals surface area contributed by atoms with Crippen molar-refractivity contribution in [2.45, 2.75) is 52.0 Å². The van der Waals surface area contributed by atoms with Crippen LogP contribution in [-0.2, 0) is 4.79 Å². The van der Waals surface area contributed by atoms with Gasteiger partial charge in [-0.3, -0.25) is 9.69 Å². The van der Waals surface area contributed by atoms with Crippen molar-refractivity contribution in [2.24, 2.45) is 11.8 Å². The van der Waals surface area contributed by atoms with Crippen molar-refractivity contribution in [3.8, 4) is 0 Å². The van der Waals surface area contributed by atoms with Crippen LogP contribution in [-0.4, -0.2) is 29.8 Å². The lowest BCUT2D eigenvalue weighted by Gasteiger charge is -2.41. The number of rotatable bonds is 1. The molecule has 1 aliphatic heterocycles. The highest BCUT2D eigenvalue weighted by molar-refractivity contribution is 5.79. The molecule has 0 aromatic rings. The van der Waals surface area contributed by atoms with E-state index >= 15 is 0 Å². The van der Waals surface area contributed by atoms with E-state index in [4.69, 9.17) is 0 Å². The van der Waals surface area contributed by atoms with Crippen LogP contribution in [0.2, 0.25) is 0 Å². The van der Waals surface area contributed by atoms with Gasteiger partial charge in [0.05, 0.1) is 0 Å². The van der Waals surface area contributed by atoms with E-state index in [-0.39, 0.29) is 0 Å². The molecule has 2 aliphatic rings. The van der Waals surface area contributed by atoms with Gasteiger partial charge >= 0.3 is 0 Å². The van der Waals surface area contributed by atoms with Crippen molar-refractivity contribution in [1.29, 1.82) is 0 Å². The minimum absolute atomic E-state index is 0.476. The highest BCUT2D eigenvalue weighted by Crippen LogP contribution is 2.27. The van der Waals surface area contributed by atoms with E-state index in [0.29, 0.717) is 11.8 Å². The minimum Gasteiger partial charge on any atom is -0.300 e. The number of hydrogen-bond donors (Lipinski definition) is 0. The maximum atomic E-state index is 11.2. The highest BCUT2D eigenvalue weighted by atomic mass is 16.1. The van der Waals surface area contributed by atoms with E-state index in [0.717, 1.165) is 37.5 Å². The van der Waals surface area contributed by atoms with Gasteiger partial charge in [0.1, 0.15) is 5.78 Å². The van der Waals surface area contributed by atoms with E-state index < -0.39 is 0 Å². The Bertz CT molecular complexity index is 219. The molecule has 2 unspecified atom stereocenters. The molecule has 2 rings (SSSR count). The second kappa shape index (κ2) is 4.65. The summed E-state index contributed by atoms with van der Waals surface area (Å²) in [7, 11) is 0. The maximum Gasteiger partial charge on any atom is 0.133 e. The topological polar surface area (TPSA) is 20.3 Å². The fraction of sp³-hybridized carbons (Fsp3) is 0.923. The van der Waals surface area contributed by atoms with Crippen molar-refractivity contribution >= 4 is 5.78 Å². The number of carbonyl (C=O) groups is 1. The first-order valence-electron chi connectivity index (χ1n) is 6.41. The largest absolute Gasteiger partial charge is 0.300 e. The standard InChI is InChI=1S/C13H23NO/c1-10-7-11(2)9-14(8-10)12-3-5-13(15)6-4-12/h10-12H,3-9H2,1-2H3. The van der Waals surface area contributed by atoms with Crippen molar-refractivity contribution in [3.05, 3.63) is 0 Å². The van der Waals surface area contributed by atoms with E-state index in [9.17, 15) is 4.79 Å². The molecule has 0 N–H and O–H groups in total. The Balaban J connectivity index is 1.89. The molecule has 0 radical (unpaired) electrons. The molecule has 1 saturated heterocycles. The third kappa shape index (κ3) is 2.81. The Morgan fingerprint density at radius 1 is 1.07 bits per heavy atom. The van der Waals surface area contributed by atoms with E-state index in [1.165, 1.54) is 19.5 Å². The van der Waals surface area contributed by atoms with Gasteiger partial charge in [0.25, 0.3) is 0 Å². The van der Waals surface area contributed by atoms with Crippen molar-refractivity contribution in [3.63, 3.8) is 0 Å². The lowest BCUT2D eigenvalue weighted by molar-refractivity contribution is -0.121.